The van der Waals surface area contributed by atoms with E-state index in [0.29, 0.717) is 0 Å². The molecule has 2 nitrogen and oxygen atoms in total. The van der Waals surface area contributed by atoms with Crippen LogP contribution >= 0.6 is 11.3 Å². The Morgan fingerprint density at radius 2 is 2.12 bits per heavy atom. The Kier molecular flexibility index (Phi) is 4.29. The van der Waals surface area contributed by atoms with Crippen LogP contribution in [0.2, 0.25) is 0 Å². The lowest BCUT2D eigenvalue weighted by molar-refractivity contribution is 0.655. The van der Waals surface area contributed by atoms with Gasteiger partial charge in [-0.25, -0.2) is 0 Å². The molecule has 0 saturated carbocycles. The third kappa shape index (κ3) is 3.65. The van der Waals surface area contributed by atoms with Gasteiger partial charge in [0, 0.05) is 24.4 Å². The van der Waals surface area contributed by atoms with E-state index in [9.17, 15) is 0 Å². The van der Waals surface area contributed by atoms with Gasteiger partial charge in [-0.2, -0.15) is 11.3 Å². The molecule has 2 N–H and O–H groups in total. The van der Waals surface area contributed by atoms with Crippen molar-refractivity contribution < 1.29 is 0 Å². The van der Waals surface area contributed by atoms with E-state index in [-0.39, 0.29) is 6.04 Å². The van der Waals surface area contributed by atoms with Crippen LogP contribution in [-0.4, -0.2) is 11.0 Å². The number of hydrogen-bond acceptors (Lipinski definition) is 3. The molecule has 2 aromatic rings. The predicted molar refractivity (Wildman–Crippen MR) is 73.3 cm³/mol. The summed E-state index contributed by atoms with van der Waals surface area (Å²) in [7, 11) is 0. The normalized spacial score (nSPS) is 12.6. The third-order valence-corrected chi connectivity index (χ3v) is 3.58. The van der Waals surface area contributed by atoms with Crippen molar-refractivity contribution in [2.45, 2.75) is 32.2 Å². The van der Waals surface area contributed by atoms with Crippen LogP contribution < -0.4 is 5.73 Å². The number of nitrogens with zero attached hydrogens (tertiary/aromatic N) is 1. The van der Waals surface area contributed by atoms with Crippen molar-refractivity contribution in [1.29, 1.82) is 0 Å². The van der Waals surface area contributed by atoms with Gasteiger partial charge in [-0.15, -0.1) is 0 Å². The Morgan fingerprint density at radius 1 is 1.24 bits per heavy atom. The first-order valence-corrected chi connectivity index (χ1v) is 6.92. The molecule has 0 fully saturated rings. The summed E-state index contributed by atoms with van der Waals surface area (Å²) in [4.78, 5) is 4.44. The number of aryl methyl sites for hydroxylation is 1. The zero-order valence-electron chi connectivity index (χ0n) is 10.1. The number of thiophene rings is 1. The molecule has 0 aliphatic rings. The molecule has 2 rings (SSSR count). The van der Waals surface area contributed by atoms with Crippen LogP contribution in [0.5, 0.6) is 0 Å². The second-order valence-electron chi connectivity index (χ2n) is 4.31. The van der Waals surface area contributed by atoms with Crippen molar-refractivity contribution in [3.8, 4) is 0 Å². The smallest absolute Gasteiger partial charge is 0.0419 e. The van der Waals surface area contributed by atoms with E-state index in [1.54, 1.807) is 11.3 Å². The minimum atomic E-state index is 0.157. The van der Waals surface area contributed by atoms with E-state index < -0.39 is 0 Å². The first-order valence-electron chi connectivity index (χ1n) is 5.98. The van der Waals surface area contributed by atoms with Crippen molar-refractivity contribution in [3.63, 3.8) is 0 Å². The van der Waals surface area contributed by atoms with E-state index in [4.69, 9.17) is 5.73 Å². The Hall–Kier alpha value is -1.19. The molecule has 0 radical (unpaired) electrons. The van der Waals surface area contributed by atoms with Gasteiger partial charge in [0.2, 0.25) is 0 Å². The lowest BCUT2D eigenvalue weighted by Gasteiger charge is -2.10. The molecular weight excluding hydrogens is 228 g/mol. The van der Waals surface area contributed by atoms with Crippen LogP contribution in [0, 0.1) is 0 Å². The van der Waals surface area contributed by atoms with Gasteiger partial charge in [0.15, 0.2) is 0 Å². The molecule has 0 amide bonds. The monoisotopic (exact) mass is 246 g/mol. The molecule has 17 heavy (non-hydrogen) atoms. The number of rotatable bonds is 5. The molecule has 1 unspecified atom stereocenters. The van der Waals surface area contributed by atoms with E-state index >= 15 is 0 Å². The van der Waals surface area contributed by atoms with Crippen molar-refractivity contribution in [3.05, 3.63) is 52.0 Å². The van der Waals surface area contributed by atoms with Gasteiger partial charge in [0.25, 0.3) is 0 Å². The highest BCUT2D eigenvalue weighted by Crippen LogP contribution is 2.10. The van der Waals surface area contributed by atoms with Gasteiger partial charge >= 0.3 is 0 Å². The fourth-order valence-electron chi connectivity index (χ4n) is 1.84. The van der Waals surface area contributed by atoms with Gasteiger partial charge < -0.3 is 5.73 Å². The predicted octanol–water partition coefficient (Wildman–Crippen LogP) is 2.82. The third-order valence-electron chi connectivity index (χ3n) is 2.84. The summed E-state index contributed by atoms with van der Waals surface area (Å²) in [5.41, 5.74) is 9.82. The topological polar surface area (TPSA) is 38.9 Å². The SMILES string of the molecule is CCc1ccc(CC(N)Cc2ccsc2)nc1. The Morgan fingerprint density at radius 3 is 2.71 bits per heavy atom. The lowest BCUT2D eigenvalue weighted by atomic mass is 10.0. The molecule has 0 spiro atoms. The quantitative estimate of drug-likeness (QED) is 0.881. The Labute approximate surface area is 107 Å². The summed E-state index contributed by atoms with van der Waals surface area (Å²) in [6, 6.07) is 6.52. The molecule has 2 heterocycles. The average Bonchev–Trinajstić information content (AvgIpc) is 2.82. The fraction of sp³-hybridized carbons (Fsp3) is 0.357. The minimum absolute atomic E-state index is 0.157. The maximum atomic E-state index is 6.13. The van der Waals surface area contributed by atoms with Crippen LogP contribution in [0.15, 0.2) is 35.2 Å². The number of aromatic nitrogens is 1. The number of hydrogen-bond donors (Lipinski definition) is 1. The molecule has 0 aliphatic heterocycles. The van der Waals surface area contributed by atoms with Crippen molar-refractivity contribution >= 4 is 11.3 Å². The zero-order valence-corrected chi connectivity index (χ0v) is 10.9. The van der Waals surface area contributed by atoms with E-state index in [2.05, 4.69) is 40.9 Å². The molecule has 0 aromatic carbocycles. The number of pyridine rings is 1. The second kappa shape index (κ2) is 5.94. The van der Waals surface area contributed by atoms with E-state index in [1.165, 1.54) is 11.1 Å². The van der Waals surface area contributed by atoms with Crippen molar-refractivity contribution in [2.75, 3.05) is 0 Å². The molecule has 0 aliphatic carbocycles. The molecular formula is C14H18N2S. The Balaban J connectivity index is 1.91. The van der Waals surface area contributed by atoms with Crippen LogP contribution in [-0.2, 0) is 19.3 Å². The number of nitrogens with two attached hydrogens (primary N) is 1. The van der Waals surface area contributed by atoms with Crippen molar-refractivity contribution in [2.24, 2.45) is 5.73 Å². The minimum Gasteiger partial charge on any atom is -0.327 e. The molecule has 1 atom stereocenters. The summed E-state index contributed by atoms with van der Waals surface area (Å²) in [6.45, 7) is 2.14. The Bertz CT molecular complexity index is 434. The van der Waals surface area contributed by atoms with E-state index in [0.717, 1.165) is 25.0 Å². The summed E-state index contributed by atoms with van der Waals surface area (Å²) >= 11 is 1.72. The average molecular weight is 246 g/mol. The fourth-order valence-corrected chi connectivity index (χ4v) is 2.52. The highest BCUT2D eigenvalue weighted by molar-refractivity contribution is 7.07. The second-order valence-corrected chi connectivity index (χ2v) is 5.09. The van der Waals surface area contributed by atoms with Crippen LogP contribution in [0.25, 0.3) is 0 Å². The van der Waals surface area contributed by atoms with Crippen LogP contribution in [0.4, 0.5) is 0 Å². The van der Waals surface area contributed by atoms with Gasteiger partial charge in [0.1, 0.15) is 0 Å². The maximum Gasteiger partial charge on any atom is 0.0419 e. The molecule has 90 valence electrons. The summed E-state index contributed by atoms with van der Waals surface area (Å²) in [5, 5.41) is 4.25. The van der Waals surface area contributed by atoms with E-state index in [1.807, 2.05) is 6.20 Å². The summed E-state index contributed by atoms with van der Waals surface area (Å²) < 4.78 is 0. The lowest BCUT2D eigenvalue weighted by Crippen LogP contribution is -2.25. The van der Waals surface area contributed by atoms with Gasteiger partial charge in [0.05, 0.1) is 0 Å². The van der Waals surface area contributed by atoms with Gasteiger partial charge in [-0.1, -0.05) is 13.0 Å². The zero-order chi connectivity index (χ0) is 12.1. The van der Waals surface area contributed by atoms with Crippen LogP contribution in [0.1, 0.15) is 23.7 Å². The first-order chi connectivity index (χ1) is 8.28. The largest absolute Gasteiger partial charge is 0.327 e. The standard InChI is InChI=1S/C14H18N2S/c1-2-11-3-4-14(16-9-11)8-13(15)7-12-5-6-17-10-12/h3-6,9-10,13H,2,7-8,15H2,1H3. The highest BCUT2D eigenvalue weighted by Gasteiger charge is 2.06. The molecule has 3 heteroatoms. The summed E-state index contributed by atoms with van der Waals surface area (Å²) in [5.74, 6) is 0. The van der Waals surface area contributed by atoms with Gasteiger partial charge in [-0.05, 0) is 46.9 Å². The maximum absolute atomic E-state index is 6.13. The summed E-state index contributed by atoms with van der Waals surface area (Å²) in [6.07, 6.45) is 4.77. The van der Waals surface area contributed by atoms with Gasteiger partial charge in [-0.3, -0.25) is 4.98 Å². The first kappa shape index (κ1) is 12.3. The van der Waals surface area contributed by atoms with Crippen LogP contribution in [0.3, 0.4) is 0 Å². The molecule has 2 aromatic heterocycles. The molecule has 0 bridgehead atoms. The van der Waals surface area contributed by atoms with Crippen molar-refractivity contribution in [1.82, 2.24) is 4.98 Å². The highest BCUT2D eigenvalue weighted by atomic mass is 32.1. The molecule has 0 saturated heterocycles.